The second-order valence-corrected chi connectivity index (χ2v) is 4.15. The third-order valence-electron chi connectivity index (χ3n) is 1.78. The number of carbonyl (C=O) groups excluding carboxylic acids is 1. The van der Waals surface area contributed by atoms with Crippen LogP contribution < -0.4 is 4.74 Å². The van der Waals surface area contributed by atoms with Crippen LogP contribution in [0, 0.1) is 0 Å². The van der Waals surface area contributed by atoms with Gasteiger partial charge in [-0.3, -0.25) is 4.79 Å². The monoisotopic (exact) mass is 330 g/mol. The lowest BCUT2D eigenvalue weighted by atomic mass is 10.1. The molecule has 0 aromatic heterocycles. The van der Waals surface area contributed by atoms with Gasteiger partial charge in [0, 0.05) is 17.0 Å². The molecule has 0 N–H and O–H groups in total. The van der Waals surface area contributed by atoms with E-state index in [0.29, 0.717) is 0 Å². The average Bonchev–Trinajstić information content (AvgIpc) is 2.20. The summed E-state index contributed by atoms with van der Waals surface area (Å²) in [6.07, 6.45) is -4.96. The van der Waals surface area contributed by atoms with E-state index in [1.807, 2.05) is 0 Å². The van der Waals surface area contributed by atoms with E-state index in [2.05, 4.69) is 20.7 Å². The summed E-state index contributed by atoms with van der Waals surface area (Å²) in [5, 5.41) is 0.308. The number of halogens is 5. The van der Waals surface area contributed by atoms with E-state index in [-0.39, 0.29) is 28.1 Å². The van der Waals surface area contributed by atoms with Crippen molar-refractivity contribution < 1.29 is 22.7 Å². The zero-order chi connectivity index (χ0) is 13.1. The molecule has 0 spiro atoms. The standard InChI is InChI=1S/C10H7BrClF3O2/c11-5-8(16)4-6-3-7(12)1-2-9(6)17-10(13,14)15/h1-3H,4-5H2. The Bertz CT molecular complexity index is 421. The molecule has 0 heterocycles. The molecule has 0 saturated heterocycles. The Balaban J connectivity index is 2.99. The van der Waals surface area contributed by atoms with Crippen molar-refractivity contribution in [2.75, 3.05) is 5.33 Å². The van der Waals surface area contributed by atoms with E-state index in [1.54, 1.807) is 0 Å². The lowest BCUT2D eigenvalue weighted by Gasteiger charge is -2.12. The van der Waals surface area contributed by atoms with Gasteiger partial charge in [0.25, 0.3) is 0 Å². The molecular weight excluding hydrogens is 324 g/mol. The van der Waals surface area contributed by atoms with Crippen LogP contribution in [-0.4, -0.2) is 17.5 Å². The molecule has 2 nitrogen and oxygen atoms in total. The van der Waals surface area contributed by atoms with E-state index in [4.69, 9.17) is 11.6 Å². The minimum absolute atomic E-state index is 0.0605. The molecule has 0 bridgehead atoms. The van der Waals surface area contributed by atoms with E-state index < -0.39 is 12.1 Å². The summed E-state index contributed by atoms with van der Waals surface area (Å²) in [5.74, 6) is -0.671. The first kappa shape index (κ1) is 14.3. The van der Waals surface area contributed by atoms with E-state index >= 15 is 0 Å². The first-order valence-electron chi connectivity index (χ1n) is 4.43. The highest BCUT2D eigenvalue weighted by Crippen LogP contribution is 2.29. The fourth-order valence-electron chi connectivity index (χ4n) is 1.17. The summed E-state index contributed by atoms with van der Waals surface area (Å²) >= 11 is 8.59. The van der Waals surface area contributed by atoms with Gasteiger partial charge in [0.05, 0.1) is 5.33 Å². The van der Waals surface area contributed by atoms with Gasteiger partial charge in [0.15, 0.2) is 0 Å². The Kier molecular flexibility index (Phi) is 4.82. The van der Waals surface area contributed by atoms with Crippen LogP contribution in [0.1, 0.15) is 5.56 Å². The van der Waals surface area contributed by atoms with Crippen molar-refractivity contribution in [3.8, 4) is 5.75 Å². The zero-order valence-electron chi connectivity index (χ0n) is 8.35. The van der Waals surface area contributed by atoms with Crippen molar-refractivity contribution >= 4 is 33.3 Å². The van der Waals surface area contributed by atoms with Crippen LogP contribution in [-0.2, 0) is 11.2 Å². The molecule has 1 aromatic carbocycles. The van der Waals surface area contributed by atoms with Crippen LogP contribution in [0.5, 0.6) is 5.75 Å². The highest BCUT2D eigenvalue weighted by molar-refractivity contribution is 9.09. The van der Waals surface area contributed by atoms with Crippen LogP contribution in [0.4, 0.5) is 13.2 Å². The number of hydrogen-bond donors (Lipinski definition) is 0. The highest BCUT2D eigenvalue weighted by Gasteiger charge is 2.32. The summed E-state index contributed by atoms with van der Waals surface area (Å²) in [7, 11) is 0. The second-order valence-electron chi connectivity index (χ2n) is 3.15. The third-order valence-corrected chi connectivity index (χ3v) is 2.65. The number of alkyl halides is 4. The smallest absolute Gasteiger partial charge is 0.405 e. The molecule has 94 valence electrons. The Morgan fingerprint density at radius 3 is 2.59 bits per heavy atom. The first-order chi connectivity index (χ1) is 7.81. The quantitative estimate of drug-likeness (QED) is 0.786. The molecule has 0 fully saturated rings. The summed E-state index contributed by atoms with van der Waals surface area (Å²) in [6, 6.07) is 3.64. The molecule has 0 radical (unpaired) electrons. The first-order valence-corrected chi connectivity index (χ1v) is 5.93. The molecule has 0 aliphatic carbocycles. The topological polar surface area (TPSA) is 26.3 Å². The minimum Gasteiger partial charge on any atom is -0.405 e. The number of carbonyl (C=O) groups is 1. The van der Waals surface area contributed by atoms with Crippen molar-refractivity contribution in [1.82, 2.24) is 0 Å². The summed E-state index contributed by atoms with van der Waals surface area (Å²) < 4.78 is 40.1. The van der Waals surface area contributed by atoms with E-state index in [0.717, 1.165) is 6.07 Å². The fourth-order valence-corrected chi connectivity index (χ4v) is 1.56. The summed E-state index contributed by atoms with van der Waals surface area (Å²) in [4.78, 5) is 11.2. The summed E-state index contributed by atoms with van der Waals surface area (Å²) in [6.45, 7) is 0. The molecule has 0 atom stereocenters. The van der Waals surface area contributed by atoms with Crippen LogP contribution in [0.3, 0.4) is 0 Å². The number of ketones is 1. The van der Waals surface area contributed by atoms with Gasteiger partial charge in [0.2, 0.25) is 0 Å². The number of Topliss-reactive ketones (excluding diaryl/α,β-unsaturated/α-hetero) is 1. The average molecular weight is 332 g/mol. The van der Waals surface area contributed by atoms with Gasteiger partial charge in [-0.25, -0.2) is 0 Å². The predicted molar refractivity (Wildman–Crippen MR) is 60.6 cm³/mol. The molecule has 0 saturated carbocycles. The van der Waals surface area contributed by atoms with Crippen molar-refractivity contribution in [2.24, 2.45) is 0 Å². The van der Waals surface area contributed by atoms with Gasteiger partial charge in [-0.1, -0.05) is 27.5 Å². The Hall–Kier alpha value is -0.750. The van der Waals surface area contributed by atoms with Crippen LogP contribution in [0.25, 0.3) is 0 Å². The molecule has 0 amide bonds. The number of ether oxygens (including phenoxy) is 1. The number of benzene rings is 1. The van der Waals surface area contributed by atoms with Crippen molar-refractivity contribution in [3.05, 3.63) is 28.8 Å². The lowest BCUT2D eigenvalue weighted by molar-refractivity contribution is -0.274. The maximum Gasteiger partial charge on any atom is 0.573 e. The molecule has 0 aliphatic rings. The number of rotatable bonds is 4. The van der Waals surface area contributed by atoms with Gasteiger partial charge < -0.3 is 4.74 Å². The minimum atomic E-state index is -4.79. The Morgan fingerprint density at radius 1 is 1.41 bits per heavy atom. The molecule has 0 unspecified atom stereocenters. The lowest BCUT2D eigenvalue weighted by Crippen LogP contribution is -2.18. The van der Waals surface area contributed by atoms with Gasteiger partial charge >= 0.3 is 6.36 Å². The molecule has 1 aromatic rings. The maximum atomic E-state index is 12.1. The SMILES string of the molecule is O=C(CBr)Cc1cc(Cl)ccc1OC(F)(F)F. The van der Waals surface area contributed by atoms with Gasteiger partial charge in [-0.2, -0.15) is 0 Å². The highest BCUT2D eigenvalue weighted by atomic mass is 79.9. The van der Waals surface area contributed by atoms with Crippen LogP contribution in [0.2, 0.25) is 5.02 Å². The molecular formula is C10H7BrClF3O2. The number of hydrogen-bond acceptors (Lipinski definition) is 2. The van der Waals surface area contributed by atoms with Gasteiger partial charge in [0.1, 0.15) is 11.5 Å². The molecule has 7 heteroatoms. The summed E-state index contributed by atoms with van der Waals surface area (Å²) in [5.41, 5.74) is 0.110. The molecule has 0 aliphatic heterocycles. The zero-order valence-corrected chi connectivity index (χ0v) is 10.7. The normalized spacial score (nSPS) is 11.4. The van der Waals surface area contributed by atoms with Gasteiger partial charge in [-0.05, 0) is 18.2 Å². The molecule has 17 heavy (non-hydrogen) atoms. The Morgan fingerprint density at radius 2 is 2.06 bits per heavy atom. The predicted octanol–water partition coefficient (Wildman–Crippen LogP) is 3.75. The van der Waals surface area contributed by atoms with Crippen LogP contribution in [0.15, 0.2) is 18.2 Å². The largest absolute Gasteiger partial charge is 0.573 e. The van der Waals surface area contributed by atoms with Crippen molar-refractivity contribution in [3.63, 3.8) is 0 Å². The second kappa shape index (κ2) is 5.73. The fraction of sp³-hybridized carbons (Fsp3) is 0.300. The molecule has 1 rings (SSSR count). The van der Waals surface area contributed by atoms with Crippen molar-refractivity contribution in [1.29, 1.82) is 0 Å². The van der Waals surface area contributed by atoms with E-state index in [1.165, 1.54) is 12.1 Å². The van der Waals surface area contributed by atoms with Gasteiger partial charge in [-0.15, -0.1) is 13.2 Å². The third kappa shape index (κ3) is 4.95. The van der Waals surface area contributed by atoms with E-state index in [9.17, 15) is 18.0 Å². The van der Waals surface area contributed by atoms with Crippen LogP contribution >= 0.6 is 27.5 Å². The van der Waals surface area contributed by atoms with Crippen molar-refractivity contribution in [2.45, 2.75) is 12.8 Å². The maximum absolute atomic E-state index is 12.1. The Labute approximate surface area is 109 Å².